The fourth-order valence-corrected chi connectivity index (χ4v) is 4.86. The van der Waals surface area contributed by atoms with E-state index in [0.717, 1.165) is 32.1 Å². The van der Waals surface area contributed by atoms with Crippen LogP contribution in [-0.2, 0) is 4.79 Å². The van der Waals surface area contributed by atoms with Crippen LogP contribution >= 0.6 is 0 Å². The monoisotopic (exact) mass is 513 g/mol. The summed E-state index contributed by atoms with van der Waals surface area (Å²) in [6.07, 6.45) is 4.66. The Balaban J connectivity index is 1.90. The van der Waals surface area contributed by atoms with Gasteiger partial charge < -0.3 is 10.4 Å². The first-order valence-electron chi connectivity index (χ1n) is 12.8. The third-order valence-electron chi connectivity index (χ3n) is 6.89. The molecule has 0 radical (unpaired) electrons. The second-order valence-electron chi connectivity index (χ2n) is 9.41. The number of benzene rings is 3. The summed E-state index contributed by atoms with van der Waals surface area (Å²) in [7, 11) is 0. The van der Waals surface area contributed by atoms with Gasteiger partial charge in [0.15, 0.2) is 11.5 Å². The number of aliphatic hydroxyl groups is 1. The van der Waals surface area contributed by atoms with Gasteiger partial charge in [-0.1, -0.05) is 92.1 Å². The first-order chi connectivity index (χ1) is 18.4. The molecule has 8 heteroatoms. The molecule has 0 aromatic heterocycles. The Hall–Kier alpha value is -4.46. The number of nitrogens with one attached hydrogen (secondary N) is 1. The van der Waals surface area contributed by atoms with Crippen molar-refractivity contribution < 1.29 is 19.6 Å². The SMILES string of the molecule is C[C@@H](c1ccccc1)N(C(=O)c1ccccc1[N+](=O)[O-])/C(C(=O)NC1CCCCC1)=C(\O)c1ccccc1. The maximum Gasteiger partial charge on any atom is 0.282 e. The van der Waals surface area contributed by atoms with E-state index in [-0.39, 0.29) is 28.7 Å². The Kier molecular flexibility index (Phi) is 8.53. The number of hydrogen-bond donors (Lipinski definition) is 2. The minimum atomic E-state index is -0.759. The van der Waals surface area contributed by atoms with E-state index < -0.39 is 22.8 Å². The van der Waals surface area contributed by atoms with Crippen LogP contribution in [0.1, 0.15) is 66.6 Å². The summed E-state index contributed by atoms with van der Waals surface area (Å²) < 4.78 is 0. The van der Waals surface area contributed by atoms with Gasteiger partial charge in [-0.05, 0) is 31.4 Å². The number of amides is 2. The van der Waals surface area contributed by atoms with Gasteiger partial charge in [-0.25, -0.2) is 0 Å². The largest absolute Gasteiger partial charge is 0.505 e. The predicted molar refractivity (Wildman–Crippen MR) is 145 cm³/mol. The summed E-state index contributed by atoms with van der Waals surface area (Å²) in [5.41, 5.74) is 0.240. The minimum absolute atomic E-state index is 0.0927. The fourth-order valence-electron chi connectivity index (χ4n) is 4.86. The number of rotatable bonds is 8. The molecule has 8 nitrogen and oxygen atoms in total. The van der Waals surface area contributed by atoms with Crippen molar-refractivity contribution >= 4 is 23.3 Å². The first-order valence-corrected chi connectivity index (χ1v) is 12.8. The molecule has 0 saturated heterocycles. The number of carbonyl (C=O) groups excluding carboxylic acids is 2. The van der Waals surface area contributed by atoms with Crippen LogP contribution in [0.15, 0.2) is 90.6 Å². The number of nitro groups is 1. The van der Waals surface area contributed by atoms with Crippen molar-refractivity contribution in [2.24, 2.45) is 0 Å². The van der Waals surface area contributed by atoms with Gasteiger partial charge in [0.1, 0.15) is 5.56 Å². The summed E-state index contributed by atoms with van der Waals surface area (Å²) >= 11 is 0. The molecule has 1 saturated carbocycles. The molecule has 2 amide bonds. The van der Waals surface area contributed by atoms with Crippen molar-refractivity contribution in [1.29, 1.82) is 0 Å². The number of para-hydroxylation sites is 1. The Morgan fingerprint density at radius 2 is 1.50 bits per heavy atom. The number of nitro benzene ring substituents is 1. The Bertz CT molecular complexity index is 1320. The van der Waals surface area contributed by atoms with Crippen molar-refractivity contribution in [1.82, 2.24) is 10.2 Å². The number of aliphatic hydroxyl groups excluding tert-OH is 1. The van der Waals surface area contributed by atoms with Gasteiger partial charge in [0.2, 0.25) is 0 Å². The standard InChI is InChI=1S/C30H31N3O5/c1-21(22-13-5-2-6-14-22)32(30(36)25-19-11-12-20-26(25)33(37)38)27(28(34)23-15-7-3-8-16-23)29(35)31-24-17-9-4-10-18-24/h2-3,5-8,11-16,19-21,24,34H,4,9-10,17-18H2,1H3,(H,31,35)/b28-27-/t21-/m0/s1. The van der Waals surface area contributed by atoms with Gasteiger partial charge in [-0.3, -0.25) is 24.6 Å². The van der Waals surface area contributed by atoms with Crippen LogP contribution in [0.25, 0.3) is 5.76 Å². The smallest absolute Gasteiger partial charge is 0.282 e. The molecule has 0 bridgehead atoms. The molecule has 1 aliphatic carbocycles. The minimum Gasteiger partial charge on any atom is -0.505 e. The summed E-state index contributed by atoms with van der Waals surface area (Å²) in [6.45, 7) is 1.73. The highest BCUT2D eigenvalue weighted by Gasteiger charge is 2.36. The van der Waals surface area contributed by atoms with Crippen LogP contribution in [0.2, 0.25) is 0 Å². The van der Waals surface area contributed by atoms with E-state index in [0.29, 0.717) is 11.1 Å². The molecule has 3 aromatic carbocycles. The van der Waals surface area contributed by atoms with Crippen molar-refractivity contribution in [2.75, 3.05) is 0 Å². The van der Waals surface area contributed by atoms with Crippen LogP contribution in [0.3, 0.4) is 0 Å². The zero-order chi connectivity index (χ0) is 27.1. The molecule has 38 heavy (non-hydrogen) atoms. The van der Waals surface area contributed by atoms with E-state index in [9.17, 15) is 24.8 Å². The van der Waals surface area contributed by atoms with E-state index >= 15 is 0 Å². The highest BCUT2D eigenvalue weighted by molar-refractivity contribution is 6.08. The molecule has 1 fully saturated rings. The lowest BCUT2D eigenvalue weighted by molar-refractivity contribution is -0.385. The molecule has 2 N–H and O–H groups in total. The van der Waals surface area contributed by atoms with Crippen molar-refractivity contribution in [3.8, 4) is 0 Å². The molecule has 0 unspecified atom stereocenters. The Morgan fingerprint density at radius 1 is 0.921 bits per heavy atom. The zero-order valence-corrected chi connectivity index (χ0v) is 21.2. The Labute approximate surface area is 221 Å². The summed E-state index contributed by atoms with van der Waals surface area (Å²) in [4.78, 5) is 40.4. The van der Waals surface area contributed by atoms with Crippen molar-refractivity contribution in [3.63, 3.8) is 0 Å². The average molecular weight is 514 g/mol. The molecule has 4 rings (SSSR count). The molecule has 0 aliphatic heterocycles. The van der Waals surface area contributed by atoms with Crippen LogP contribution in [0.4, 0.5) is 5.69 Å². The number of carbonyl (C=O) groups is 2. The molecule has 196 valence electrons. The molecule has 1 aliphatic rings. The van der Waals surface area contributed by atoms with Crippen LogP contribution in [0, 0.1) is 10.1 Å². The highest BCUT2D eigenvalue weighted by Crippen LogP contribution is 2.33. The van der Waals surface area contributed by atoms with E-state index in [1.165, 1.54) is 29.2 Å². The van der Waals surface area contributed by atoms with E-state index in [4.69, 9.17) is 0 Å². The second kappa shape index (κ2) is 12.2. The number of nitrogens with zero attached hydrogens (tertiary/aromatic N) is 2. The van der Waals surface area contributed by atoms with Crippen molar-refractivity contribution in [3.05, 3.63) is 117 Å². The topological polar surface area (TPSA) is 113 Å². The third kappa shape index (κ3) is 5.91. The predicted octanol–water partition coefficient (Wildman–Crippen LogP) is 6.17. The second-order valence-corrected chi connectivity index (χ2v) is 9.41. The maximum absolute atomic E-state index is 14.2. The summed E-state index contributed by atoms with van der Waals surface area (Å²) in [5, 5.41) is 26.3. The van der Waals surface area contributed by atoms with Crippen LogP contribution in [-0.4, -0.2) is 32.8 Å². The quantitative estimate of drug-likeness (QED) is 0.162. The van der Waals surface area contributed by atoms with Gasteiger partial charge in [0, 0.05) is 17.7 Å². The van der Waals surface area contributed by atoms with Crippen LogP contribution in [0.5, 0.6) is 0 Å². The normalized spacial score (nSPS) is 15.2. The van der Waals surface area contributed by atoms with E-state index in [2.05, 4.69) is 5.32 Å². The van der Waals surface area contributed by atoms with Crippen LogP contribution < -0.4 is 5.32 Å². The van der Waals surface area contributed by atoms with Gasteiger partial charge in [0.25, 0.3) is 17.5 Å². The molecule has 3 aromatic rings. The van der Waals surface area contributed by atoms with E-state index in [1.807, 2.05) is 18.2 Å². The number of hydrogen-bond acceptors (Lipinski definition) is 5. The average Bonchev–Trinajstić information content (AvgIpc) is 2.96. The first kappa shape index (κ1) is 26.6. The molecule has 0 heterocycles. The molecule has 0 spiro atoms. The third-order valence-corrected chi connectivity index (χ3v) is 6.89. The fraction of sp³-hybridized carbons (Fsp3) is 0.267. The Morgan fingerprint density at radius 3 is 2.13 bits per heavy atom. The molecular formula is C30H31N3O5. The van der Waals surface area contributed by atoms with E-state index in [1.54, 1.807) is 49.4 Å². The van der Waals surface area contributed by atoms with Gasteiger partial charge in [-0.15, -0.1) is 0 Å². The van der Waals surface area contributed by atoms with Gasteiger partial charge in [0.05, 0.1) is 11.0 Å². The lowest BCUT2D eigenvalue weighted by atomic mass is 9.95. The lowest BCUT2D eigenvalue weighted by Gasteiger charge is -2.33. The van der Waals surface area contributed by atoms with Gasteiger partial charge in [-0.2, -0.15) is 0 Å². The molecular weight excluding hydrogens is 482 g/mol. The summed E-state index contributed by atoms with van der Waals surface area (Å²) in [6, 6.07) is 22.4. The lowest BCUT2D eigenvalue weighted by Crippen LogP contribution is -2.44. The molecule has 1 atom stereocenters. The maximum atomic E-state index is 14.2. The highest BCUT2D eigenvalue weighted by atomic mass is 16.6. The van der Waals surface area contributed by atoms with Crippen molar-refractivity contribution in [2.45, 2.75) is 51.1 Å². The summed E-state index contributed by atoms with van der Waals surface area (Å²) in [5.74, 6) is -1.74. The zero-order valence-electron chi connectivity index (χ0n) is 21.2. The van der Waals surface area contributed by atoms with Gasteiger partial charge >= 0.3 is 0 Å².